The average Bonchev–Trinajstić information content (AvgIpc) is 3.23. The SMILES string of the molecule is CC(=O)Oc1ccc2[nH]c(C)c(C(=O)Nc3ccccc3C3CCN(CCc4ccccc4)CC3)c2c1. The summed E-state index contributed by atoms with van der Waals surface area (Å²) in [5.41, 5.74) is 5.60. The third-order valence-corrected chi connectivity index (χ3v) is 7.24. The number of nitrogens with zero attached hydrogens (tertiary/aromatic N) is 1. The van der Waals surface area contributed by atoms with Gasteiger partial charge >= 0.3 is 5.97 Å². The van der Waals surface area contributed by atoms with Crippen molar-refractivity contribution in [3.8, 4) is 5.75 Å². The van der Waals surface area contributed by atoms with E-state index >= 15 is 0 Å². The van der Waals surface area contributed by atoms with E-state index in [2.05, 4.69) is 57.7 Å². The van der Waals surface area contributed by atoms with Gasteiger partial charge in [-0.15, -0.1) is 0 Å². The van der Waals surface area contributed by atoms with Crippen LogP contribution in [0.25, 0.3) is 10.9 Å². The van der Waals surface area contributed by atoms with Gasteiger partial charge in [-0.05, 0) is 80.6 Å². The maximum atomic E-state index is 13.5. The molecular formula is C31H33N3O3. The normalized spacial score (nSPS) is 14.5. The number of H-pyrrole nitrogens is 1. The van der Waals surface area contributed by atoms with Crippen LogP contribution in [0.4, 0.5) is 5.69 Å². The number of carbonyl (C=O) groups excluding carboxylic acids is 2. The van der Waals surface area contributed by atoms with Crippen LogP contribution in [0.2, 0.25) is 0 Å². The van der Waals surface area contributed by atoms with Gasteiger partial charge in [-0.3, -0.25) is 9.59 Å². The number of aryl methyl sites for hydroxylation is 1. The quantitative estimate of drug-likeness (QED) is 0.241. The predicted molar refractivity (Wildman–Crippen MR) is 147 cm³/mol. The van der Waals surface area contributed by atoms with Crippen LogP contribution in [0.3, 0.4) is 0 Å². The molecule has 1 amide bonds. The number of hydrogen-bond acceptors (Lipinski definition) is 4. The van der Waals surface area contributed by atoms with Gasteiger partial charge in [0, 0.05) is 35.8 Å². The molecule has 0 bridgehead atoms. The first kappa shape index (κ1) is 24.8. The summed E-state index contributed by atoms with van der Waals surface area (Å²) in [4.78, 5) is 30.7. The number of likely N-dealkylation sites (tertiary alicyclic amines) is 1. The maximum absolute atomic E-state index is 13.5. The molecule has 1 fully saturated rings. The third-order valence-electron chi connectivity index (χ3n) is 7.24. The van der Waals surface area contributed by atoms with Gasteiger partial charge in [0.2, 0.25) is 0 Å². The number of nitrogens with one attached hydrogen (secondary N) is 2. The van der Waals surface area contributed by atoms with Crippen molar-refractivity contribution in [2.75, 3.05) is 25.0 Å². The zero-order chi connectivity index (χ0) is 25.8. The largest absolute Gasteiger partial charge is 0.427 e. The van der Waals surface area contributed by atoms with Crippen molar-refractivity contribution in [3.05, 3.63) is 95.2 Å². The van der Waals surface area contributed by atoms with Crippen LogP contribution in [0.5, 0.6) is 5.75 Å². The molecule has 1 aromatic heterocycles. The topological polar surface area (TPSA) is 74.4 Å². The van der Waals surface area contributed by atoms with Crippen LogP contribution in [0.1, 0.15) is 52.9 Å². The van der Waals surface area contributed by atoms with Crippen molar-refractivity contribution in [1.82, 2.24) is 9.88 Å². The van der Waals surface area contributed by atoms with E-state index in [1.165, 1.54) is 18.1 Å². The molecule has 0 saturated carbocycles. The fraction of sp³-hybridized carbons (Fsp3) is 0.290. The summed E-state index contributed by atoms with van der Waals surface area (Å²) in [5.74, 6) is 0.269. The third kappa shape index (κ3) is 5.75. The zero-order valence-electron chi connectivity index (χ0n) is 21.4. The summed E-state index contributed by atoms with van der Waals surface area (Å²) in [6, 6.07) is 24.1. The molecule has 0 unspecified atom stereocenters. The van der Waals surface area contributed by atoms with E-state index in [1.54, 1.807) is 12.1 Å². The zero-order valence-corrected chi connectivity index (χ0v) is 21.4. The number of esters is 1. The molecule has 5 rings (SSSR count). The van der Waals surface area contributed by atoms with Gasteiger partial charge in [0.15, 0.2) is 0 Å². The Hall–Kier alpha value is -3.90. The minimum atomic E-state index is -0.391. The molecule has 0 radical (unpaired) electrons. The second kappa shape index (κ2) is 11.0. The first-order valence-corrected chi connectivity index (χ1v) is 12.9. The molecule has 0 atom stereocenters. The lowest BCUT2D eigenvalue weighted by molar-refractivity contribution is -0.131. The number of aromatic amines is 1. The van der Waals surface area contributed by atoms with E-state index in [1.807, 2.05) is 25.1 Å². The van der Waals surface area contributed by atoms with Gasteiger partial charge in [0.05, 0.1) is 5.56 Å². The minimum absolute atomic E-state index is 0.170. The van der Waals surface area contributed by atoms with Gasteiger partial charge < -0.3 is 19.9 Å². The van der Waals surface area contributed by atoms with Crippen molar-refractivity contribution in [2.45, 2.75) is 39.0 Å². The van der Waals surface area contributed by atoms with E-state index in [-0.39, 0.29) is 5.91 Å². The van der Waals surface area contributed by atoms with Gasteiger partial charge in [-0.1, -0.05) is 48.5 Å². The van der Waals surface area contributed by atoms with E-state index in [0.717, 1.165) is 61.2 Å². The monoisotopic (exact) mass is 495 g/mol. The van der Waals surface area contributed by atoms with Crippen LogP contribution < -0.4 is 10.1 Å². The van der Waals surface area contributed by atoms with E-state index in [0.29, 0.717) is 17.2 Å². The summed E-state index contributed by atoms with van der Waals surface area (Å²) in [6.45, 7) is 6.44. The molecule has 1 aliphatic rings. The highest BCUT2D eigenvalue weighted by molar-refractivity contribution is 6.14. The number of aromatic nitrogens is 1. The van der Waals surface area contributed by atoms with Crippen molar-refractivity contribution in [3.63, 3.8) is 0 Å². The Labute approximate surface area is 217 Å². The summed E-state index contributed by atoms with van der Waals surface area (Å²) in [6.07, 6.45) is 3.21. The molecule has 1 aliphatic heterocycles. The fourth-order valence-corrected chi connectivity index (χ4v) is 5.38. The lowest BCUT2D eigenvalue weighted by Gasteiger charge is -2.33. The Bertz CT molecular complexity index is 1400. The Morgan fingerprint density at radius 1 is 1.00 bits per heavy atom. The number of rotatable bonds is 7. The molecule has 0 spiro atoms. The predicted octanol–water partition coefficient (Wildman–Crippen LogP) is 6.08. The fourth-order valence-electron chi connectivity index (χ4n) is 5.38. The molecule has 0 aliphatic carbocycles. The molecule has 1 saturated heterocycles. The van der Waals surface area contributed by atoms with Crippen LogP contribution in [-0.2, 0) is 11.2 Å². The Morgan fingerprint density at radius 2 is 1.73 bits per heavy atom. The van der Waals surface area contributed by atoms with Crippen LogP contribution in [0, 0.1) is 6.92 Å². The number of amides is 1. The highest BCUT2D eigenvalue weighted by atomic mass is 16.5. The molecule has 4 aromatic rings. The number of fused-ring (bicyclic) bond motifs is 1. The van der Waals surface area contributed by atoms with Gasteiger partial charge in [0.25, 0.3) is 5.91 Å². The average molecular weight is 496 g/mol. The van der Waals surface area contributed by atoms with Crippen molar-refractivity contribution < 1.29 is 14.3 Å². The minimum Gasteiger partial charge on any atom is -0.427 e. The number of carbonyl (C=O) groups is 2. The standard InChI is InChI=1S/C31H33N3O3/c1-21-30(27-20-25(37-22(2)35)12-13-29(27)32-21)31(36)33-28-11-7-6-10-26(28)24-15-18-34(19-16-24)17-14-23-8-4-3-5-9-23/h3-13,20,24,32H,14-19H2,1-2H3,(H,33,36). The van der Waals surface area contributed by atoms with E-state index < -0.39 is 5.97 Å². The summed E-state index contributed by atoms with van der Waals surface area (Å²) < 4.78 is 5.25. The first-order valence-electron chi connectivity index (χ1n) is 12.9. The highest BCUT2D eigenvalue weighted by Gasteiger charge is 2.24. The first-order chi connectivity index (χ1) is 18.0. The number of benzene rings is 3. The van der Waals surface area contributed by atoms with Gasteiger partial charge in [-0.25, -0.2) is 0 Å². The van der Waals surface area contributed by atoms with Crippen molar-refractivity contribution in [1.29, 1.82) is 0 Å². The number of ether oxygens (including phenoxy) is 1. The van der Waals surface area contributed by atoms with Gasteiger partial charge in [0.1, 0.15) is 5.75 Å². The molecule has 3 aromatic carbocycles. The smallest absolute Gasteiger partial charge is 0.308 e. The Morgan fingerprint density at radius 3 is 2.49 bits per heavy atom. The Kier molecular flexibility index (Phi) is 7.37. The number of hydrogen-bond donors (Lipinski definition) is 2. The molecule has 6 nitrogen and oxygen atoms in total. The van der Waals surface area contributed by atoms with Crippen LogP contribution >= 0.6 is 0 Å². The molecule has 37 heavy (non-hydrogen) atoms. The highest BCUT2D eigenvalue weighted by Crippen LogP contribution is 2.34. The van der Waals surface area contributed by atoms with Crippen molar-refractivity contribution >= 4 is 28.5 Å². The molecule has 190 valence electrons. The summed E-state index contributed by atoms with van der Waals surface area (Å²) in [5, 5.41) is 3.92. The molecule has 2 N–H and O–H groups in total. The lowest BCUT2D eigenvalue weighted by atomic mass is 9.88. The second-order valence-corrected chi connectivity index (χ2v) is 9.82. The van der Waals surface area contributed by atoms with Crippen LogP contribution in [0.15, 0.2) is 72.8 Å². The number of anilines is 1. The summed E-state index contributed by atoms with van der Waals surface area (Å²) >= 11 is 0. The van der Waals surface area contributed by atoms with E-state index in [4.69, 9.17) is 4.74 Å². The second-order valence-electron chi connectivity index (χ2n) is 9.82. The van der Waals surface area contributed by atoms with E-state index in [9.17, 15) is 9.59 Å². The summed E-state index contributed by atoms with van der Waals surface area (Å²) in [7, 11) is 0. The number of piperidine rings is 1. The molecule has 6 heteroatoms. The maximum Gasteiger partial charge on any atom is 0.308 e. The molecular weight excluding hydrogens is 462 g/mol. The Balaban J connectivity index is 1.28. The number of para-hydroxylation sites is 1. The molecule has 2 heterocycles. The van der Waals surface area contributed by atoms with Crippen molar-refractivity contribution in [2.24, 2.45) is 0 Å². The lowest BCUT2D eigenvalue weighted by Crippen LogP contribution is -2.34. The van der Waals surface area contributed by atoms with Gasteiger partial charge in [-0.2, -0.15) is 0 Å². The van der Waals surface area contributed by atoms with Crippen LogP contribution in [-0.4, -0.2) is 41.4 Å².